The Labute approximate surface area is 196 Å². The Morgan fingerprint density at radius 1 is 1.03 bits per heavy atom. The zero-order chi connectivity index (χ0) is 23.2. The summed E-state index contributed by atoms with van der Waals surface area (Å²) in [5.41, 5.74) is 3.50. The first-order valence-corrected chi connectivity index (χ1v) is 12.1. The molecule has 2 aromatic carbocycles. The van der Waals surface area contributed by atoms with Crippen LogP contribution in [0.3, 0.4) is 0 Å². The predicted molar refractivity (Wildman–Crippen MR) is 130 cm³/mol. The molecule has 2 saturated heterocycles. The van der Waals surface area contributed by atoms with E-state index in [2.05, 4.69) is 53.6 Å². The van der Waals surface area contributed by atoms with Gasteiger partial charge in [-0.1, -0.05) is 44.2 Å². The molecule has 4 rings (SSSR count). The summed E-state index contributed by atoms with van der Waals surface area (Å²) in [6, 6.07) is 15.5. The average Bonchev–Trinajstić information content (AvgIpc) is 3.33. The second kappa shape index (κ2) is 10.9. The van der Waals surface area contributed by atoms with Crippen LogP contribution < -0.4 is 10.6 Å². The summed E-state index contributed by atoms with van der Waals surface area (Å²) < 4.78 is 5.42. The Bertz CT molecular complexity index is 943. The van der Waals surface area contributed by atoms with Crippen molar-refractivity contribution in [3.8, 4) is 0 Å². The topological polar surface area (TPSA) is 70.7 Å². The monoisotopic (exact) mass is 449 g/mol. The lowest BCUT2D eigenvalue weighted by Crippen LogP contribution is -2.38. The largest absolute Gasteiger partial charge is 0.368 e. The normalized spacial score (nSPS) is 23.3. The average molecular weight is 450 g/mol. The van der Waals surface area contributed by atoms with Gasteiger partial charge in [-0.05, 0) is 60.4 Å². The summed E-state index contributed by atoms with van der Waals surface area (Å²) >= 11 is 0. The van der Waals surface area contributed by atoms with E-state index in [1.165, 1.54) is 12.0 Å². The fourth-order valence-electron chi connectivity index (χ4n) is 4.97. The number of likely N-dealkylation sites (tertiary alicyclic amines) is 1. The predicted octanol–water partition coefficient (Wildman–Crippen LogP) is 4.21. The third-order valence-electron chi connectivity index (χ3n) is 6.44. The number of piperidine rings is 1. The number of carbonyl (C=O) groups excluding carboxylic acids is 2. The molecule has 6 nitrogen and oxygen atoms in total. The Morgan fingerprint density at radius 3 is 2.45 bits per heavy atom. The second-order valence-electron chi connectivity index (χ2n) is 9.71. The van der Waals surface area contributed by atoms with Gasteiger partial charge in [-0.15, -0.1) is 0 Å². The van der Waals surface area contributed by atoms with Crippen molar-refractivity contribution in [2.45, 2.75) is 52.3 Å². The number of hydrogen-bond acceptors (Lipinski definition) is 4. The van der Waals surface area contributed by atoms with E-state index < -0.39 is 6.10 Å². The van der Waals surface area contributed by atoms with Gasteiger partial charge in [0.15, 0.2) is 0 Å². The second-order valence-corrected chi connectivity index (χ2v) is 9.71. The van der Waals surface area contributed by atoms with Gasteiger partial charge in [-0.2, -0.15) is 0 Å². The van der Waals surface area contributed by atoms with Crippen LogP contribution in [0, 0.1) is 11.8 Å². The number of nitrogens with zero attached hydrogens (tertiary/aromatic N) is 1. The Morgan fingerprint density at radius 2 is 1.76 bits per heavy atom. The fraction of sp³-hybridized carbons (Fsp3) is 0.481. The Kier molecular flexibility index (Phi) is 7.78. The van der Waals surface area contributed by atoms with Crippen LogP contribution in [-0.4, -0.2) is 42.5 Å². The van der Waals surface area contributed by atoms with Crippen LogP contribution in [0.15, 0.2) is 48.5 Å². The van der Waals surface area contributed by atoms with E-state index >= 15 is 0 Å². The minimum Gasteiger partial charge on any atom is -0.368 e. The molecule has 0 radical (unpaired) electrons. The third kappa shape index (κ3) is 6.65. The van der Waals surface area contributed by atoms with Crippen molar-refractivity contribution in [1.29, 1.82) is 0 Å². The molecule has 0 aromatic heterocycles. The van der Waals surface area contributed by atoms with Crippen molar-refractivity contribution in [1.82, 2.24) is 10.2 Å². The van der Waals surface area contributed by atoms with Gasteiger partial charge in [0.25, 0.3) is 11.8 Å². The number of ether oxygens (including phenoxy) is 1. The van der Waals surface area contributed by atoms with E-state index in [0.29, 0.717) is 24.4 Å². The zero-order valence-corrected chi connectivity index (χ0v) is 19.7. The zero-order valence-electron chi connectivity index (χ0n) is 19.7. The van der Waals surface area contributed by atoms with Crippen LogP contribution in [-0.2, 0) is 22.6 Å². The molecule has 2 N–H and O–H groups in total. The molecular weight excluding hydrogens is 414 g/mol. The summed E-state index contributed by atoms with van der Waals surface area (Å²) in [5, 5.41) is 5.83. The van der Waals surface area contributed by atoms with Crippen molar-refractivity contribution in [2.75, 3.05) is 25.0 Å². The first kappa shape index (κ1) is 23.5. The summed E-state index contributed by atoms with van der Waals surface area (Å²) in [6.07, 6.45) is 2.56. The highest BCUT2D eigenvalue weighted by Crippen LogP contribution is 2.22. The molecule has 2 fully saturated rings. The van der Waals surface area contributed by atoms with Crippen LogP contribution >= 0.6 is 0 Å². The summed E-state index contributed by atoms with van der Waals surface area (Å²) in [5.74, 6) is 1.19. The van der Waals surface area contributed by atoms with Gasteiger partial charge in [0, 0.05) is 44.0 Å². The van der Waals surface area contributed by atoms with Gasteiger partial charge in [0.2, 0.25) is 0 Å². The summed E-state index contributed by atoms with van der Waals surface area (Å²) in [7, 11) is 0. The van der Waals surface area contributed by atoms with Crippen LogP contribution in [0.5, 0.6) is 0 Å². The van der Waals surface area contributed by atoms with Crippen LogP contribution in [0.4, 0.5) is 5.69 Å². The first-order chi connectivity index (χ1) is 16.0. The van der Waals surface area contributed by atoms with Crippen molar-refractivity contribution in [2.24, 2.45) is 11.8 Å². The molecule has 2 aliphatic heterocycles. The molecule has 176 valence electrons. The van der Waals surface area contributed by atoms with Crippen LogP contribution in [0.2, 0.25) is 0 Å². The lowest BCUT2D eigenvalue weighted by atomic mass is 9.91. The smallest absolute Gasteiger partial charge is 0.253 e. The molecule has 2 aromatic rings. The molecule has 6 heteroatoms. The van der Waals surface area contributed by atoms with E-state index in [0.717, 1.165) is 49.9 Å². The molecule has 0 unspecified atom stereocenters. The van der Waals surface area contributed by atoms with Gasteiger partial charge in [-0.3, -0.25) is 14.5 Å². The number of hydrogen-bond donors (Lipinski definition) is 2. The highest BCUT2D eigenvalue weighted by molar-refractivity contribution is 5.98. The van der Waals surface area contributed by atoms with Crippen LogP contribution in [0.1, 0.15) is 54.6 Å². The molecule has 0 aliphatic carbocycles. The molecule has 0 spiro atoms. The molecule has 2 heterocycles. The van der Waals surface area contributed by atoms with Gasteiger partial charge in [0.1, 0.15) is 6.10 Å². The number of rotatable bonds is 7. The van der Waals surface area contributed by atoms with Crippen molar-refractivity contribution >= 4 is 17.5 Å². The van der Waals surface area contributed by atoms with E-state index in [9.17, 15) is 9.59 Å². The summed E-state index contributed by atoms with van der Waals surface area (Å²) in [4.78, 5) is 27.4. The molecule has 2 amide bonds. The molecule has 3 atom stereocenters. The maximum absolute atomic E-state index is 12.6. The highest BCUT2D eigenvalue weighted by atomic mass is 16.5. The number of amides is 2. The first-order valence-electron chi connectivity index (χ1n) is 12.1. The maximum atomic E-state index is 12.6. The van der Waals surface area contributed by atoms with Gasteiger partial charge < -0.3 is 15.4 Å². The van der Waals surface area contributed by atoms with E-state index in [1.807, 2.05) is 0 Å². The van der Waals surface area contributed by atoms with Gasteiger partial charge in [0.05, 0.1) is 0 Å². The Balaban J connectivity index is 1.27. The van der Waals surface area contributed by atoms with Crippen molar-refractivity contribution in [3.05, 3.63) is 65.2 Å². The molecule has 0 saturated carbocycles. The lowest BCUT2D eigenvalue weighted by molar-refractivity contribution is -0.124. The SMILES string of the molecule is C[C@@H]1C[C@@H](C)CN(Cc2ccc(CNC(=O)c3cccc(NC(=O)[C@H]4CCCO4)c3)cc2)C1. The third-order valence-corrected chi connectivity index (χ3v) is 6.44. The van der Waals surface area contributed by atoms with Crippen molar-refractivity contribution in [3.63, 3.8) is 0 Å². The standard InChI is InChI=1S/C27H35N3O3/c1-19-13-20(2)17-30(16-19)18-22-10-8-21(9-11-22)15-28-26(31)23-5-3-6-24(14-23)29-27(32)25-7-4-12-33-25/h3,5-6,8-11,14,19-20,25H,4,7,12-13,15-18H2,1-2H3,(H,28,31)(H,29,32)/t19-,20-,25-/m1/s1. The van der Waals surface area contributed by atoms with E-state index in [4.69, 9.17) is 4.74 Å². The quantitative estimate of drug-likeness (QED) is 0.664. The number of carbonyl (C=O) groups is 2. The Hall–Kier alpha value is -2.70. The minimum atomic E-state index is -0.396. The number of anilines is 1. The fourth-order valence-corrected chi connectivity index (χ4v) is 4.97. The molecule has 2 aliphatic rings. The van der Waals surface area contributed by atoms with Crippen LogP contribution in [0.25, 0.3) is 0 Å². The number of benzene rings is 2. The lowest BCUT2D eigenvalue weighted by Gasteiger charge is -2.35. The van der Waals surface area contributed by atoms with Gasteiger partial charge in [-0.25, -0.2) is 0 Å². The highest BCUT2D eigenvalue weighted by Gasteiger charge is 2.24. The van der Waals surface area contributed by atoms with E-state index in [-0.39, 0.29) is 11.8 Å². The summed E-state index contributed by atoms with van der Waals surface area (Å²) in [6.45, 7) is 9.06. The number of nitrogens with one attached hydrogen (secondary N) is 2. The maximum Gasteiger partial charge on any atom is 0.253 e. The molecular formula is C27H35N3O3. The van der Waals surface area contributed by atoms with Gasteiger partial charge >= 0.3 is 0 Å². The van der Waals surface area contributed by atoms with E-state index in [1.54, 1.807) is 24.3 Å². The van der Waals surface area contributed by atoms with Crippen molar-refractivity contribution < 1.29 is 14.3 Å². The molecule has 0 bridgehead atoms. The minimum absolute atomic E-state index is 0.154. The molecule has 33 heavy (non-hydrogen) atoms.